The van der Waals surface area contributed by atoms with Crippen LogP contribution in [-0.4, -0.2) is 60.1 Å². The lowest BCUT2D eigenvalue weighted by Gasteiger charge is -2.33. The zero-order valence-corrected chi connectivity index (χ0v) is 23.3. The van der Waals surface area contributed by atoms with Crippen molar-refractivity contribution in [3.05, 3.63) is 54.6 Å². The number of benzene rings is 1. The van der Waals surface area contributed by atoms with Crippen LogP contribution in [0.3, 0.4) is 0 Å². The molecule has 1 aliphatic rings. The molecule has 5 rings (SSSR count). The number of rotatable bonds is 7. The average molecular weight is 532 g/mol. The smallest absolute Gasteiger partial charge is 0.407 e. The number of imidazole rings is 1. The Bertz CT molecular complexity index is 1420. The zero-order chi connectivity index (χ0) is 27.6. The third-order valence-corrected chi connectivity index (χ3v) is 6.58. The molecule has 0 spiro atoms. The minimum Gasteiger partial charge on any atom is -0.444 e. The Kier molecular flexibility index (Phi) is 7.40. The number of fused-ring (bicyclic) bond motifs is 1. The third kappa shape index (κ3) is 6.13. The van der Waals surface area contributed by atoms with Gasteiger partial charge in [0.1, 0.15) is 5.60 Å². The van der Waals surface area contributed by atoms with E-state index < -0.39 is 11.7 Å². The van der Waals surface area contributed by atoms with Crippen LogP contribution < -0.4 is 15.5 Å². The number of hydrogen-bond donors (Lipinski definition) is 2. The number of piperidine rings is 1. The maximum absolute atomic E-state index is 12.4. The molecular weight excluding hydrogens is 494 g/mol. The second-order valence-corrected chi connectivity index (χ2v) is 11.2. The Morgan fingerprint density at radius 3 is 2.74 bits per heavy atom. The number of nitrogens with one attached hydrogen (secondary N) is 2. The summed E-state index contributed by atoms with van der Waals surface area (Å²) >= 11 is 0. The van der Waals surface area contributed by atoms with Crippen LogP contribution in [0.5, 0.6) is 0 Å². The van der Waals surface area contributed by atoms with E-state index in [1.807, 2.05) is 62.2 Å². The van der Waals surface area contributed by atoms with Crippen LogP contribution in [0.1, 0.15) is 59.1 Å². The summed E-state index contributed by atoms with van der Waals surface area (Å²) < 4.78 is 9.39. The number of para-hydroxylation sites is 1. The Morgan fingerprint density at radius 1 is 1.18 bits per heavy atom. The molecule has 2 N–H and O–H groups in total. The highest BCUT2D eigenvalue weighted by Crippen LogP contribution is 2.27. The van der Waals surface area contributed by atoms with Crippen molar-refractivity contribution >= 4 is 29.0 Å². The number of aromatic nitrogens is 6. The zero-order valence-electron chi connectivity index (χ0n) is 23.3. The normalized spacial score (nSPS) is 16.1. The van der Waals surface area contributed by atoms with Crippen LogP contribution in [0.2, 0.25) is 0 Å². The fourth-order valence-electron chi connectivity index (χ4n) is 4.77. The summed E-state index contributed by atoms with van der Waals surface area (Å²) in [6.07, 6.45) is 6.90. The highest BCUT2D eigenvalue weighted by molar-refractivity contribution is 5.84. The van der Waals surface area contributed by atoms with Gasteiger partial charge in [-0.2, -0.15) is 15.1 Å². The van der Waals surface area contributed by atoms with Gasteiger partial charge in [0.25, 0.3) is 0 Å². The van der Waals surface area contributed by atoms with Crippen LogP contribution in [0.15, 0.2) is 49.1 Å². The summed E-state index contributed by atoms with van der Waals surface area (Å²) in [5, 5.41) is 10.9. The molecule has 0 aliphatic carbocycles. The van der Waals surface area contributed by atoms with E-state index in [1.54, 1.807) is 6.20 Å². The van der Waals surface area contributed by atoms with Crippen molar-refractivity contribution in [2.45, 2.75) is 71.7 Å². The SMILES string of the molecule is CC(C)n1cnc2c(NCc3ccccc3-n3cccn3)nc(N3CCC[C@H](NC(=O)OC(C)(C)C)C3)nc21. The predicted octanol–water partition coefficient (Wildman–Crippen LogP) is 4.70. The Labute approximate surface area is 228 Å². The molecule has 206 valence electrons. The molecule has 0 radical (unpaired) electrons. The van der Waals surface area contributed by atoms with E-state index in [9.17, 15) is 4.79 Å². The number of ether oxygens (including phenoxy) is 1. The molecule has 1 fully saturated rings. The van der Waals surface area contributed by atoms with Gasteiger partial charge in [0.2, 0.25) is 5.95 Å². The minimum atomic E-state index is -0.543. The number of carbonyl (C=O) groups excluding carboxylic acids is 1. The maximum Gasteiger partial charge on any atom is 0.407 e. The summed E-state index contributed by atoms with van der Waals surface area (Å²) in [4.78, 5) is 29.1. The average Bonchev–Trinajstić information content (AvgIpc) is 3.57. The standard InChI is InChI=1S/C28H37N9O2/c1-19(2)36-18-30-23-24(29-16-20-10-6-7-12-22(20)37-15-9-13-31-37)33-26(34-25(23)36)35-14-8-11-21(17-35)32-27(38)39-28(3,4)5/h6-7,9-10,12-13,15,18-19,21H,8,11,14,16-17H2,1-5H3,(H,32,38)(H,29,33,34)/t21-/m0/s1. The predicted molar refractivity (Wildman–Crippen MR) is 151 cm³/mol. The van der Waals surface area contributed by atoms with Gasteiger partial charge in [0.05, 0.1) is 12.0 Å². The highest BCUT2D eigenvalue weighted by Gasteiger charge is 2.27. The molecule has 4 aromatic rings. The highest BCUT2D eigenvalue weighted by atomic mass is 16.6. The van der Waals surface area contributed by atoms with E-state index >= 15 is 0 Å². The lowest BCUT2D eigenvalue weighted by molar-refractivity contribution is 0.0500. The van der Waals surface area contributed by atoms with Gasteiger partial charge in [0, 0.05) is 44.1 Å². The fourth-order valence-corrected chi connectivity index (χ4v) is 4.77. The quantitative estimate of drug-likeness (QED) is 0.353. The molecular formula is C28H37N9O2. The molecule has 1 saturated heterocycles. The van der Waals surface area contributed by atoms with Crippen molar-refractivity contribution in [1.82, 2.24) is 34.6 Å². The Balaban J connectivity index is 1.42. The van der Waals surface area contributed by atoms with Gasteiger partial charge >= 0.3 is 6.09 Å². The number of amides is 1. The summed E-state index contributed by atoms with van der Waals surface area (Å²) in [7, 11) is 0. The first kappa shape index (κ1) is 26.5. The number of nitrogens with zero attached hydrogens (tertiary/aromatic N) is 7. The molecule has 1 aromatic carbocycles. The van der Waals surface area contributed by atoms with Crippen molar-refractivity contribution in [3.8, 4) is 5.69 Å². The molecule has 0 saturated carbocycles. The number of alkyl carbamates (subject to hydrolysis) is 1. The first-order chi connectivity index (χ1) is 18.7. The minimum absolute atomic E-state index is 0.0553. The molecule has 1 aliphatic heterocycles. The summed E-state index contributed by atoms with van der Waals surface area (Å²) in [5.74, 6) is 1.29. The molecule has 0 unspecified atom stereocenters. The van der Waals surface area contributed by atoms with Crippen molar-refractivity contribution in [2.75, 3.05) is 23.3 Å². The van der Waals surface area contributed by atoms with E-state index in [1.165, 1.54) is 0 Å². The van der Waals surface area contributed by atoms with Crippen LogP contribution in [0, 0.1) is 0 Å². The molecule has 39 heavy (non-hydrogen) atoms. The first-order valence-corrected chi connectivity index (χ1v) is 13.5. The number of carbonyl (C=O) groups is 1. The molecule has 4 heterocycles. The Hall–Kier alpha value is -4.15. The van der Waals surface area contributed by atoms with E-state index in [2.05, 4.69) is 50.1 Å². The topological polar surface area (TPSA) is 115 Å². The van der Waals surface area contributed by atoms with Crippen LogP contribution in [-0.2, 0) is 11.3 Å². The van der Waals surface area contributed by atoms with Gasteiger partial charge in [-0.05, 0) is 65.2 Å². The summed E-state index contributed by atoms with van der Waals surface area (Å²) in [5.41, 5.74) is 3.04. The van der Waals surface area contributed by atoms with Crippen LogP contribution in [0.4, 0.5) is 16.6 Å². The second-order valence-electron chi connectivity index (χ2n) is 11.2. The molecule has 1 amide bonds. The molecule has 0 bridgehead atoms. The van der Waals surface area contributed by atoms with Gasteiger partial charge < -0.3 is 24.8 Å². The van der Waals surface area contributed by atoms with Crippen molar-refractivity contribution in [2.24, 2.45) is 0 Å². The molecule has 3 aromatic heterocycles. The lowest BCUT2D eigenvalue weighted by atomic mass is 10.1. The second kappa shape index (κ2) is 10.9. The maximum atomic E-state index is 12.4. The lowest BCUT2D eigenvalue weighted by Crippen LogP contribution is -2.49. The van der Waals surface area contributed by atoms with Gasteiger partial charge in [-0.1, -0.05) is 18.2 Å². The van der Waals surface area contributed by atoms with Crippen LogP contribution in [0.25, 0.3) is 16.9 Å². The van der Waals surface area contributed by atoms with Gasteiger partial charge in [-0.15, -0.1) is 0 Å². The number of hydrogen-bond acceptors (Lipinski definition) is 8. The van der Waals surface area contributed by atoms with E-state index in [-0.39, 0.29) is 12.1 Å². The van der Waals surface area contributed by atoms with Crippen molar-refractivity contribution in [1.29, 1.82) is 0 Å². The molecule has 11 heteroatoms. The van der Waals surface area contributed by atoms with E-state index in [0.717, 1.165) is 41.8 Å². The molecule has 1 atom stereocenters. The third-order valence-electron chi connectivity index (χ3n) is 6.58. The van der Waals surface area contributed by atoms with Crippen LogP contribution >= 0.6 is 0 Å². The number of anilines is 2. The Morgan fingerprint density at radius 2 is 2.00 bits per heavy atom. The summed E-state index contributed by atoms with van der Waals surface area (Å²) in [6.45, 7) is 11.8. The largest absolute Gasteiger partial charge is 0.444 e. The monoisotopic (exact) mass is 531 g/mol. The van der Waals surface area contributed by atoms with Crippen molar-refractivity contribution < 1.29 is 9.53 Å². The van der Waals surface area contributed by atoms with Gasteiger partial charge in [-0.25, -0.2) is 14.5 Å². The van der Waals surface area contributed by atoms with Gasteiger partial charge in [-0.3, -0.25) is 0 Å². The van der Waals surface area contributed by atoms with Gasteiger partial charge in [0.15, 0.2) is 17.0 Å². The van der Waals surface area contributed by atoms with E-state index in [0.29, 0.717) is 24.9 Å². The summed E-state index contributed by atoms with van der Waals surface area (Å²) in [6, 6.07) is 10.2. The fraction of sp³-hybridized carbons (Fsp3) is 0.464. The molecule has 11 nitrogen and oxygen atoms in total. The first-order valence-electron chi connectivity index (χ1n) is 13.5. The van der Waals surface area contributed by atoms with Crippen molar-refractivity contribution in [3.63, 3.8) is 0 Å². The van der Waals surface area contributed by atoms with E-state index in [4.69, 9.17) is 14.7 Å².